The molecular formula is C19H17N5O2S. The first kappa shape index (κ1) is 17.3. The quantitative estimate of drug-likeness (QED) is 0.538. The zero-order valence-corrected chi connectivity index (χ0v) is 15.6. The Hall–Kier alpha value is -3.10. The van der Waals surface area contributed by atoms with Gasteiger partial charge in [0.15, 0.2) is 5.82 Å². The minimum Gasteiger partial charge on any atom is -0.455 e. The summed E-state index contributed by atoms with van der Waals surface area (Å²) < 4.78 is 5.90. The third-order valence-electron chi connectivity index (χ3n) is 3.92. The maximum absolute atomic E-state index is 9.28. The Morgan fingerprint density at radius 2 is 2.00 bits per heavy atom. The number of nitrogens with zero attached hydrogens (tertiary/aromatic N) is 4. The summed E-state index contributed by atoms with van der Waals surface area (Å²) in [5, 5.41) is 13.2. The van der Waals surface area contributed by atoms with Crippen LogP contribution in [0.15, 0.2) is 42.9 Å². The lowest BCUT2D eigenvalue weighted by atomic mass is 10.2. The molecule has 1 aromatic carbocycles. The van der Waals surface area contributed by atoms with Crippen molar-refractivity contribution in [1.82, 2.24) is 19.9 Å². The van der Waals surface area contributed by atoms with E-state index in [4.69, 9.17) is 4.74 Å². The van der Waals surface area contributed by atoms with Gasteiger partial charge >= 0.3 is 0 Å². The van der Waals surface area contributed by atoms with Gasteiger partial charge in [-0.3, -0.25) is 4.98 Å². The lowest BCUT2D eigenvalue weighted by molar-refractivity contribution is 0.281. The molecule has 0 spiro atoms. The SMILES string of the molecule is Cc1ccc(Oc2ccc(Nc3ncnc4sc(CO)nc34)cc2C)cn1. The molecule has 7 nitrogen and oxygen atoms in total. The maximum atomic E-state index is 9.28. The Morgan fingerprint density at radius 1 is 1.11 bits per heavy atom. The molecule has 0 fully saturated rings. The van der Waals surface area contributed by atoms with Crippen molar-refractivity contribution in [3.8, 4) is 11.5 Å². The monoisotopic (exact) mass is 379 g/mol. The molecule has 27 heavy (non-hydrogen) atoms. The minimum absolute atomic E-state index is 0.112. The van der Waals surface area contributed by atoms with Gasteiger partial charge in [0.1, 0.15) is 33.2 Å². The largest absolute Gasteiger partial charge is 0.455 e. The number of anilines is 2. The van der Waals surface area contributed by atoms with E-state index in [9.17, 15) is 5.11 Å². The Kier molecular flexibility index (Phi) is 4.66. The van der Waals surface area contributed by atoms with Crippen LogP contribution in [0.4, 0.5) is 11.5 Å². The van der Waals surface area contributed by atoms with Crippen LogP contribution in [0.25, 0.3) is 10.3 Å². The van der Waals surface area contributed by atoms with Crippen molar-refractivity contribution in [2.24, 2.45) is 0 Å². The van der Waals surface area contributed by atoms with Gasteiger partial charge in [-0.1, -0.05) is 11.3 Å². The number of ether oxygens (including phenoxy) is 1. The molecule has 3 heterocycles. The number of hydrogen-bond acceptors (Lipinski definition) is 8. The number of nitrogens with one attached hydrogen (secondary N) is 1. The van der Waals surface area contributed by atoms with Gasteiger partial charge in [-0.2, -0.15) is 0 Å². The zero-order valence-electron chi connectivity index (χ0n) is 14.8. The first-order chi connectivity index (χ1) is 13.1. The molecule has 4 rings (SSSR count). The second-order valence-electron chi connectivity index (χ2n) is 5.98. The molecule has 0 saturated heterocycles. The highest BCUT2D eigenvalue weighted by atomic mass is 32.1. The number of aryl methyl sites for hydroxylation is 2. The summed E-state index contributed by atoms with van der Waals surface area (Å²) in [5.41, 5.74) is 3.43. The van der Waals surface area contributed by atoms with E-state index in [1.165, 1.54) is 17.7 Å². The summed E-state index contributed by atoms with van der Waals surface area (Å²) in [7, 11) is 0. The van der Waals surface area contributed by atoms with Crippen LogP contribution >= 0.6 is 11.3 Å². The number of aromatic nitrogens is 4. The van der Waals surface area contributed by atoms with Gasteiger partial charge in [0.25, 0.3) is 0 Å². The number of benzene rings is 1. The molecule has 2 N–H and O–H groups in total. The Bertz CT molecular complexity index is 1100. The third-order valence-corrected chi connectivity index (χ3v) is 4.87. The fourth-order valence-corrected chi connectivity index (χ4v) is 3.34. The molecule has 4 aromatic rings. The minimum atomic E-state index is -0.112. The summed E-state index contributed by atoms with van der Waals surface area (Å²) in [5.74, 6) is 2.06. The average Bonchev–Trinajstić information content (AvgIpc) is 3.10. The van der Waals surface area contributed by atoms with Crippen LogP contribution in [0.5, 0.6) is 11.5 Å². The first-order valence-corrected chi connectivity index (χ1v) is 9.13. The fraction of sp³-hybridized carbons (Fsp3) is 0.158. The summed E-state index contributed by atoms with van der Waals surface area (Å²) in [6.45, 7) is 3.80. The highest BCUT2D eigenvalue weighted by Gasteiger charge is 2.11. The predicted molar refractivity (Wildman–Crippen MR) is 105 cm³/mol. The van der Waals surface area contributed by atoms with Gasteiger partial charge < -0.3 is 15.2 Å². The van der Waals surface area contributed by atoms with E-state index in [2.05, 4.69) is 25.3 Å². The van der Waals surface area contributed by atoms with Crippen molar-refractivity contribution in [1.29, 1.82) is 0 Å². The van der Waals surface area contributed by atoms with E-state index < -0.39 is 0 Å². The van der Waals surface area contributed by atoms with Crippen molar-refractivity contribution in [2.45, 2.75) is 20.5 Å². The smallest absolute Gasteiger partial charge is 0.161 e. The summed E-state index contributed by atoms with van der Waals surface area (Å²) >= 11 is 1.35. The molecule has 136 valence electrons. The highest BCUT2D eigenvalue weighted by molar-refractivity contribution is 7.18. The lowest BCUT2D eigenvalue weighted by Crippen LogP contribution is -1.97. The lowest BCUT2D eigenvalue weighted by Gasteiger charge is -2.11. The summed E-state index contributed by atoms with van der Waals surface area (Å²) in [6, 6.07) is 9.60. The molecule has 8 heteroatoms. The second-order valence-corrected chi connectivity index (χ2v) is 7.05. The van der Waals surface area contributed by atoms with Crippen molar-refractivity contribution in [3.63, 3.8) is 0 Å². The van der Waals surface area contributed by atoms with Crippen molar-refractivity contribution >= 4 is 33.2 Å². The fourth-order valence-electron chi connectivity index (χ4n) is 2.58. The van der Waals surface area contributed by atoms with Gasteiger partial charge in [0.2, 0.25) is 0 Å². The molecule has 0 radical (unpaired) electrons. The average molecular weight is 379 g/mol. The van der Waals surface area contributed by atoms with Gasteiger partial charge in [0.05, 0.1) is 12.8 Å². The number of aliphatic hydroxyl groups excluding tert-OH is 1. The van der Waals surface area contributed by atoms with Crippen molar-refractivity contribution < 1.29 is 9.84 Å². The molecule has 0 saturated carbocycles. The number of hydrogen-bond donors (Lipinski definition) is 2. The van der Waals surface area contributed by atoms with Crippen LogP contribution < -0.4 is 10.1 Å². The molecule has 0 aliphatic heterocycles. The van der Waals surface area contributed by atoms with Crippen LogP contribution in [0, 0.1) is 13.8 Å². The molecule has 0 atom stereocenters. The van der Waals surface area contributed by atoms with E-state index in [0.717, 1.165) is 27.5 Å². The third kappa shape index (κ3) is 3.71. The van der Waals surface area contributed by atoms with E-state index >= 15 is 0 Å². The molecule has 0 aliphatic carbocycles. The molecule has 0 bridgehead atoms. The van der Waals surface area contributed by atoms with Gasteiger partial charge in [-0.05, 0) is 49.7 Å². The van der Waals surface area contributed by atoms with Crippen molar-refractivity contribution in [2.75, 3.05) is 5.32 Å². The summed E-state index contributed by atoms with van der Waals surface area (Å²) in [4.78, 5) is 17.8. The van der Waals surface area contributed by atoms with Crippen molar-refractivity contribution in [3.05, 3.63) is 59.1 Å². The number of thiazole rings is 1. The number of fused-ring (bicyclic) bond motifs is 1. The van der Waals surface area contributed by atoms with Crippen LogP contribution in [-0.2, 0) is 6.61 Å². The highest BCUT2D eigenvalue weighted by Crippen LogP contribution is 2.30. The van der Waals surface area contributed by atoms with E-state index in [0.29, 0.717) is 22.1 Å². The van der Waals surface area contributed by atoms with Gasteiger partial charge in [-0.15, -0.1) is 0 Å². The molecular weight excluding hydrogens is 362 g/mol. The Morgan fingerprint density at radius 3 is 2.74 bits per heavy atom. The second kappa shape index (κ2) is 7.26. The van der Waals surface area contributed by atoms with E-state index in [-0.39, 0.29) is 6.61 Å². The molecule has 3 aromatic heterocycles. The van der Waals surface area contributed by atoms with Gasteiger partial charge in [0, 0.05) is 11.4 Å². The Labute approximate surface area is 159 Å². The topological polar surface area (TPSA) is 93.0 Å². The maximum Gasteiger partial charge on any atom is 0.161 e. The van der Waals surface area contributed by atoms with Crippen LogP contribution in [0.2, 0.25) is 0 Å². The number of pyridine rings is 1. The normalized spacial score (nSPS) is 10.9. The van der Waals surface area contributed by atoms with Gasteiger partial charge in [-0.25, -0.2) is 15.0 Å². The number of aliphatic hydroxyl groups is 1. The first-order valence-electron chi connectivity index (χ1n) is 8.32. The van der Waals surface area contributed by atoms with E-state index in [1.807, 2.05) is 44.2 Å². The van der Waals surface area contributed by atoms with Crippen LogP contribution in [0.1, 0.15) is 16.3 Å². The Balaban J connectivity index is 1.58. The van der Waals surface area contributed by atoms with E-state index in [1.54, 1.807) is 6.20 Å². The van der Waals surface area contributed by atoms with Crippen LogP contribution in [-0.4, -0.2) is 25.0 Å². The number of rotatable bonds is 5. The molecule has 0 unspecified atom stereocenters. The predicted octanol–water partition coefficient (Wildman–Crippen LogP) is 4.13. The summed E-state index contributed by atoms with van der Waals surface area (Å²) in [6.07, 6.45) is 3.19. The zero-order chi connectivity index (χ0) is 18.8. The standard InChI is InChI=1S/C19H17N5O2S/c1-11-7-13(4-6-15(11)26-14-5-3-12(2)20-8-14)23-18-17-19(22-10-21-18)27-16(9-25)24-17/h3-8,10,25H,9H2,1-2H3,(H,21,22,23). The molecule has 0 amide bonds. The van der Waals surface area contributed by atoms with Crippen LogP contribution in [0.3, 0.4) is 0 Å². The molecule has 0 aliphatic rings.